The van der Waals surface area contributed by atoms with Crippen molar-refractivity contribution in [1.29, 1.82) is 0 Å². The molecule has 19 heavy (non-hydrogen) atoms. The number of benzene rings is 1. The molecule has 3 nitrogen and oxygen atoms in total. The molecule has 1 heterocycles. The Morgan fingerprint density at radius 2 is 2.05 bits per heavy atom. The third-order valence-electron chi connectivity index (χ3n) is 2.90. The SMILES string of the molecule is CN(Cc1c(F)ccc(Br)c1F)Cc1nccn1C. The Morgan fingerprint density at radius 3 is 2.68 bits per heavy atom. The molecule has 0 aliphatic heterocycles. The molecular formula is C13H14BrF2N3. The highest BCUT2D eigenvalue weighted by Crippen LogP contribution is 2.22. The van der Waals surface area contributed by atoms with Gasteiger partial charge in [-0.2, -0.15) is 0 Å². The van der Waals surface area contributed by atoms with Crippen molar-refractivity contribution < 1.29 is 8.78 Å². The number of rotatable bonds is 4. The molecule has 0 saturated heterocycles. The van der Waals surface area contributed by atoms with Crippen LogP contribution in [0.25, 0.3) is 0 Å². The maximum Gasteiger partial charge on any atom is 0.144 e. The lowest BCUT2D eigenvalue weighted by molar-refractivity contribution is 0.296. The summed E-state index contributed by atoms with van der Waals surface area (Å²) in [4.78, 5) is 6.00. The normalized spacial score (nSPS) is 11.3. The van der Waals surface area contributed by atoms with Gasteiger partial charge in [0.2, 0.25) is 0 Å². The lowest BCUT2D eigenvalue weighted by atomic mass is 10.2. The fraction of sp³-hybridized carbons (Fsp3) is 0.308. The predicted molar refractivity (Wildman–Crippen MR) is 72.4 cm³/mol. The fourth-order valence-corrected chi connectivity index (χ4v) is 2.20. The first-order chi connectivity index (χ1) is 8.99. The first kappa shape index (κ1) is 14.1. The van der Waals surface area contributed by atoms with E-state index in [4.69, 9.17) is 0 Å². The zero-order valence-corrected chi connectivity index (χ0v) is 12.3. The van der Waals surface area contributed by atoms with Gasteiger partial charge in [0.1, 0.15) is 17.5 Å². The van der Waals surface area contributed by atoms with Gasteiger partial charge >= 0.3 is 0 Å². The van der Waals surface area contributed by atoms with E-state index in [1.807, 2.05) is 22.7 Å². The van der Waals surface area contributed by atoms with E-state index < -0.39 is 11.6 Å². The van der Waals surface area contributed by atoms with E-state index in [1.165, 1.54) is 12.1 Å². The Labute approximate surface area is 119 Å². The van der Waals surface area contributed by atoms with Crippen LogP contribution in [0, 0.1) is 11.6 Å². The number of aryl methyl sites for hydroxylation is 1. The van der Waals surface area contributed by atoms with Crippen molar-refractivity contribution in [3.63, 3.8) is 0 Å². The summed E-state index contributed by atoms with van der Waals surface area (Å²) in [5.74, 6) is -0.239. The number of hydrogen-bond donors (Lipinski definition) is 0. The monoisotopic (exact) mass is 329 g/mol. The van der Waals surface area contributed by atoms with Gasteiger partial charge in [0.25, 0.3) is 0 Å². The maximum atomic E-state index is 13.8. The van der Waals surface area contributed by atoms with Gasteiger partial charge in [0.15, 0.2) is 0 Å². The third-order valence-corrected chi connectivity index (χ3v) is 3.51. The Bertz CT molecular complexity index is 583. The van der Waals surface area contributed by atoms with Crippen molar-refractivity contribution in [2.24, 2.45) is 7.05 Å². The predicted octanol–water partition coefficient (Wildman–Crippen LogP) is 3.09. The highest BCUT2D eigenvalue weighted by atomic mass is 79.9. The molecule has 0 aliphatic carbocycles. The third kappa shape index (κ3) is 3.19. The summed E-state index contributed by atoms with van der Waals surface area (Å²) in [5.41, 5.74) is 0.0612. The molecule has 102 valence electrons. The van der Waals surface area contributed by atoms with Crippen LogP contribution in [0.4, 0.5) is 8.78 Å². The Kier molecular flexibility index (Phi) is 4.31. The first-order valence-electron chi connectivity index (χ1n) is 5.76. The minimum Gasteiger partial charge on any atom is -0.337 e. The van der Waals surface area contributed by atoms with Crippen molar-refractivity contribution in [1.82, 2.24) is 14.5 Å². The average molecular weight is 330 g/mol. The Balaban J connectivity index is 2.13. The molecular weight excluding hydrogens is 316 g/mol. The summed E-state index contributed by atoms with van der Waals surface area (Å²) < 4.78 is 29.6. The van der Waals surface area contributed by atoms with Crippen LogP contribution in [0.5, 0.6) is 0 Å². The van der Waals surface area contributed by atoms with E-state index in [0.29, 0.717) is 6.54 Å². The highest BCUT2D eigenvalue weighted by Gasteiger charge is 2.15. The topological polar surface area (TPSA) is 21.1 Å². The molecule has 0 atom stereocenters. The number of aromatic nitrogens is 2. The van der Waals surface area contributed by atoms with Crippen LogP contribution in [-0.4, -0.2) is 21.5 Å². The molecule has 1 aromatic carbocycles. The molecule has 0 unspecified atom stereocenters. The van der Waals surface area contributed by atoms with E-state index in [-0.39, 0.29) is 16.6 Å². The van der Waals surface area contributed by atoms with Gasteiger partial charge in [0.05, 0.1) is 11.0 Å². The zero-order chi connectivity index (χ0) is 14.0. The molecule has 0 N–H and O–H groups in total. The second-order valence-electron chi connectivity index (χ2n) is 4.45. The van der Waals surface area contributed by atoms with Gasteiger partial charge in [-0.15, -0.1) is 0 Å². The smallest absolute Gasteiger partial charge is 0.144 e. The Morgan fingerprint density at radius 1 is 1.32 bits per heavy atom. The standard InChI is InChI=1S/C13H14BrF2N3/c1-18(8-12-17-5-6-19(12)2)7-9-11(15)4-3-10(14)13(9)16/h3-6H,7-8H2,1-2H3. The largest absolute Gasteiger partial charge is 0.337 e. The summed E-state index contributed by atoms with van der Waals surface area (Å²) in [6.07, 6.45) is 3.53. The van der Waals surface area contributed by atoms with Crippen LogP contribution >= 0.6 is 15.9 Å². The summed E-state index contributed by atoms with van der Waals surface area (Å²) in [6.45, 7) is 0.707. The molecule has 0 bridgehead atoms. The van der Waals surface area contributed by atoms with Crippen LogP contribution in [0.1, 0.15) is 11.4 Å². The van der Waals surface area contributed by atoms with Gasteiger partial charge in [-0.1, -0.05) is 0 Å². The molecule has 2 aromatic rings. The van der Waals surface area contributed by atoms with Crippen molar-refractivity contribution in [3.05, 3.63) is 52.0 Å². The molecule has 0 fully saturated rings. The Hall–Kier alpha value is -1.27. The quantitative estimate of drug-likeness (QED) is 0.804. The lowest BCUT2D eigenvalue weighted by Gasteiger charge is -2.17. The van der Waals surface area contributed by atoms with Crippen molar-refractivity contribution >= 4 is 15.9 Å². The average Bonchev–Trinajstić information content (AvgIpc) is 2.76. The summed E-state index contributed by atoms with van der Waals surface area (Å²) >= 11 is 3.07. The van der Waals surface area contributed by atoms with E-state index in [0.717, 1.165) is 5.82 Å². The van der Waals surface area contributed by atoms with Crippen LogP contribution in [0.2, 0.25) is 0 Å². The van der Waals surface area contributed by atoms with E-state index in [2.05, 4.69) is 20.9 Å². The highest BCUT2D eigenvalue weighted by molar-refractivity contribution is 9.10. The number of nitrogens with zero attached hydrogens (tertiary/aromatic N) is 3. The van der Waals surface area contributed by atoms with Gasteiger partial charge in [-0.05, 0) is 35.1 Å². The summed E-state index contributed by atoms with van der Waals surface area (Å²) in [6, 6.07) is 2.63. The molecule has 0 amide bonds. The van der Waals surface area contributed by atoms with Gasteiger partial charge < -0.3 is 4.57 Å². The van der Waals surface area contributed by atoms with Crippen LogP contribution in [-0.2, 0) is 20.1 Å². The zero-order valence-electron chi connectivity index (χ0n) is 10.7. The number of hydrogen-bond acceptors (Lipinski definition) is 2. The molecule has 0 radical (unpaired) electrons. The van der Waals surface area contributed by atoms with Crippen LogP contribution < -0.4 is 0 Å². The summed E-state index contributed by atoms with van der Waals surface area (Å²) in [5, 5.41) is 0. The maximum absolute atomic E-state index is 13.8. The summed E-state index contributed by atoms with van der Waals surface area (Å²) in [7, 11) is 3.69. The molecule has 0 aliphatic rings. The molecule has 1 aromatic heterocycles. The minimum absolute atomic E-state index is 0.0612. The van der Waals surface area contributed by atoms with Gasteiger partial charge in [-0.3, -0.25) is 4.90 Å². The van der Waals surface area contributed by atoms with E-state index in [1.54, 1.807) is 13.2 Å². The second-order valence-corrected chi connectivity index (χ2v) is 5.30. The number of halogens is 3. The molecule has 0 spiro atoms. The minimum atomic E-state index is -0.549. The number of imidazole rings is 1. The first-order valence-corrected chi connectivity index (χ1v) is 6.55. The molecule has 2 rings (SSSR count). The van der Waals surface area contributed by atoms with Gasteiger partial charge in [-0.25, -0.2) is 13.8 Å². The fourth-order valence-electron chi connectivity index (χ4n) is 1.83. The van der Waals surface area contributed by atoms with Crippen molar-refractivity contribution in [3.8, 4) is 0 Å². The van der Waals surface area contributed by atoms with Gasteiger partial charge in [0, 0.05) is 31.5 Å². The molecule has 6 heteroatoms. The van der Waals surface area contributed by atoms with Crippen molar-refractivity contribution in [2.75, 3.05) is 7.05 Å². The van der Waals surface area contributed by atoms with E-state index in [9.17, 15) is 8.78 Å². The van der Waals surface area contributed by atoms with Crippen LogP contribution in [0.3, 0.4) is 0 Å². The van der Waals surface area contributed by atoms with E-state index >= 15 is 0 Å². The van der Waals surface area contributed by atoms with Crippen LogP contribution in [0.15, 0.2) is 29.0 Å². The lowest BCUT2D eigenvalue weighted by Crippen LogP contribution is -2.21. The van der Waals surface area contributed by atoms with Crippen molar-refractivity contribution in [2.45, 2.75) is 13.1 Å². The molecule has 0 saturated carbocycles. The second kappa shape index (κ2) is 5.79.